The molecule has 0 saturated carbocycles. The molecule has 0 fully saturated rings. The number of pyridine rings is 2. The molecule has 0 saturated heterocycles. The van der Waals surface area contributed by atoms with Gasteiger partial charge in [0.15, 0.2) is 5.65 Å². The first-order chi connectivity index (χ1) is 11.9. The molecule has 0 aliphatic rings. The van der Waals surface area contributed by atoms with Crippen LogP contribution in [0, 0.1) is 0 Å². The van der Waals surface area contributed by atoms with Gasteiger partial charge in [-0.2, -0.15) is 4.98 Å². The molecular formula is C17H10N6O. The molecule has 0 atom stereocenters. The van der Waals surface area contributed by atoms with E-state index in [4.69, 9.17) is 4.52 Å². The summed E-state index contributed by atoms with van der Waals surface area (Å²) in [5.74, 6) is 0.877. The Morgan fingerprint density at radius 1 is 0.958 bits per heavy atom. The van der Waals surface area contributed by atoms with E-state index < -0.39 is 0 Å². The number of fused-ring (bicyclic) bond motifs is 2. The summed E-state index contributed by atoms with van der Waals surface area (Å²) in [6, 6.07) is 15.5. The van der Waals surface area contributed by atoms with Gasteiger partial charge < -0.3 is 4.52 Å². The number of nitrogens with zero attached hydrogens (tertiary/aromatic N) is 6. The lowest BCUT2D eigenvalue weighted by atomic mass is 10.2. The Hall–Kier alpha value is -3.61. The first-order valence-electron chi connectivity index (χ1n) is 7.36. The largest absolute Gasteiger partial charge is 0.332 e. The predicted octanol–water partition coefficient (Wildman–Crippen LogP) is 2.99. The lowest BCUT2D eigenvalue weighted by Gasteiger charge is -1.98. The fourth-order valence-corrected chi connectivity index (χ4v) is 2.59. The molecule has 0 spiro atoms. The van der Waals surface area contributed by atoms with Crippen molar-refractivity contribution in [3.63, 3.8) is 0 Å². The topological polar surface area (TPSA) is 82.0 Å². The second-order valence-electron chi connectivity index (χ2n) is 5.32. The van der Waals surface area contributed by atoms with Gasteiger partial charge in [0.25, 0.3) is 5.89 Å². The summed E-state index contributed by atoms with van der Waals surface area (Å²) in [6.07, 6.45) is 3.49. The molecule has 0 aliphatic carbocycles. The highest BCUT2D eigenvalue weighted by atomic mass is 16.5. The highest BCUT2D eigenvalue weighted by Crippen LogP contribution is 2.23. The van der Waals surface area contributed by atoms with Crippen molar-refractivity contribution in [1.29, 1.82) is 0 Å². The summed E-state index contributed by atoms with van der Waals surface area (Å²) in [7, 11) is 0. The Balaban J connectivity index is 1.57. The fraction of sp³-hybridized carbons (Fsp3) is 0. The number of hydrogen-bond acceptors (Lipinski definition) is 6. The molecule has 114 valence electrons. The third-order valence-corrected chi connectivity index (χ3v) is 3.80. The van der Waals surface area contributed by atoms with Crippen molar-refractivity contribution in [3.8, 4) is 23.0 Å². The molecule has 1 aromatic carbocycles. The van der Waals surface area contributed by atoms with Crippen LogP contribution in [0.2, 0.25) is 0 Å². The van der Waals surface area contributed by atoms with Gasteiger partial charge in [0, 0.05) is 17.1 Å². The summed E-state index contributed by atoms with van der Waals surface area (Å²) in [5.41, 5.74) is 3.07. The Bertz CT molecular complexity index is 1180. The molecule has 5 aromatic rings. The van der Waals surface area contributed by atoms with Crippen molar-refractivity contribution in [3.05, 3.63) is 61.1 Å². The lowest BCUT2D eigenvalue weighted by Crippen LogP contribution is -1.87. The van der Waals surface area contributed by atoms with E-state index in [0.717, 1.165) is 22.1 Å². The zero-order chi connectivity index (χ0) is 15.9. The smallest absolute Gasteiger partial charge is 0.276 e. The number of benzene rings is 1. The maximum Gasteiger partial charge on any atom is 0.276 e. The van der Waals surface area contributed by atoms with Gasteiger partial charge in [0.05, 0.1) is 5.52 Å². The second-order valence-corrected chi connectivity index (χ2v) is 5.32. The summed E-state index contributed by atoms with van der Waals surface area (Å²) in [5, 5.41) is 13.0. The Morgan fingerprint density at radius 2 is 1.92 bits per heavy atom. The summed E-state index contributed by atoms with van der Waals surface area (Å²) in [6.45, 7) is 0. The van der Waals surface area contributed by atoms with Crippen LogP contribution in [-0.2, 0) is 0 Å². The van der Waals surface area contributed by atoms with Crippen LogP contribution in [0.4, 0.5) is 0 Å². The third-order valence-electron chi connectivity index (χ3n) is 3.80. The van der Waals surface area contributed by atoms with Gasteiger partial charge in [-0.1, -0.05) is 29.4 Å². The van der Waals surface area contributed by atoms with Crippen molar-refractivity contribution < 1.29 is 4.52 Å². The number of para-hydroxylation sites is 1. The van der Waals surface area contributed by atoms with E-state index in [9.17, 15) is 0 Å². The van der Waals surface area contributed by atoms with E-state index in [1.807, 2.05) is 59.1 Å². The number of aromatic nitrogens is 6. The Labute approximate surface area is 135 Å². The molecule has 7 nitrogen and oxygen atoms in total. The molecule has 4 heterocycles. The molecule has 24 heavy (non-hydrogen) atoms. The van der Waals surface area contributed by atoms with Gasteiger partial charge in [-0.15, -0.1) is 10.2 Å². The van der Waals surface area contributed by atoms with E-state index in [0.29, 0.717) is 17.4 Å². The highest BCUT2D eigenvalue weighted by Gasteiger charge is 2.13. The Kier molecular flexibility index (Phi) is 2.66. The quantitative estimate of drug-likeness (QED) is 0.498. The van der Waals surface area contributed by atoms with Crippen LogP contribution in [0.5, 0.6) is 0 Å². The maximum atomic E-state index is 5.38. The molecule has 7 heteroatoms. The van der Waals surface area contributed by atoms with Gasteiger partial charge in [0.1, 0.15) is 12.0 Å². The van der Waals surface area contributed by atoms with Crippen molar-refractivity contribution in [2.45, 2.75) is 0 Å². The van der Waals surface area contributed by atoms with Crippen LogP contribution >= 0.6 is 0 Å². The van der Waals surface area contributed by atoms with Crippen molar-refractivity contribution in [1.82, 2.24) is 29.7 Å². The number of rotatable bonds is 2. The highest BCUT2D eigenvalue weighted by molar-refractivity contribution is 5.80. The van der Waals surface area contributed by atoms with E-state index in [-0.39, 0.29) is 0 Å². The molecule has 0 amide bonds. The fourth-order valence-electron chi connectivity index (χ4n) is 2.59. The molecule has 0 bridgehead atoms. The summed E-state index contributed by atoms with van der Waals surface area (Å²) < 4.78 is 7.20. The molecule has 0 unspecified atom stereocenters. The van der Waals surface area contributed by atoms with E-state index in [1.54, 1.807) is 6.33 Å². The van der Waals surface area contributed by atoms with E-state index >= 15 is 0 Å². The lowest BCUT2D eigenvalue weighted by molar-refractivity contribution is 0.431. The maximum absolute atomic E-state index is 5.38. The number of hydrogen-bond donors (Lipinski definition) is 0. The minimum atomic E-state index is 0.386. The van der Waals surface area contributed by atoms with Crippen LogP contribution in [-0.4, -0.2) is 29.7 Å². The van der Waals surface area contributed by atoms with Crippen molar-refractivity contribution >= 4 is 16.6 Å². The summed E-state index contributed by atoms with van der Waals surface area (Å²) in [4.78, 5) is 9.02. The minimum absolute atomic E-state index is 0.386. The first kappa shape index (κ1) is 12.9. The summed E-state index contributed by atoms with van der Waals surface area (Å²) >= 11 is 0. The van der Waals surface area contributed by atoms with Crippen LogP contribution in [0.15, 0.2) is 65.6 Å². The molecule has 4 aromatic heterocycles. The average molecular weight is 314 g/mol. The van der Waals surface area contributed by atoms with E-state index in [2.05, 4.69) is 25.3 Å². The monoisotopic (exact) mass is 314 g/mol. The Morgan fingerprint density at radius 3 is 2.92 bits per heavy atom. The zero-order valence-electron chi connectivity index (χ0n) is 12.4. The van der Waals surface area contributed by atoms with Crippen LogP contribution in [0.1, 0.15) is 0 Å². The van der Waals surface area contributed by atoms with Gasteiger partial charge >= 0.3 is 0 Å². The zero-order valence-corrected chi connectivity index (χ0v) is 12.4. The van der Waals surface area contributed by atoms with Gasteiger partial charge in [0.2, 0.25) is 5.82 Å². The molecule has 5 rings (SSSR count). The van der Waals surface area contributed by atoms with Crippen LogP contribution in [0.3, 0.4) is 0 Å². The minimum Gasteiger partial charge on any atom is -0.332 e. The van der Waals surface area contributed by atoms with Crippen LogP contribution in [0.25, 0.3) is 39.5 Å². The third kappa shape index (κ3) is 2.03. The van der Waals surface area contributed by atoms with Gasteiger partial charge in [-0.05, 0) is 24.3 Å². The standard InChI is InChI=1S/C17H10N6O/c1-2-4-13-11(3-1)5-6-14(19-13)17-20-16(22-24-17)12-7-8-23-10-18-21-15(23)9-12/h1-10H. The predicted molar refractivity (Wildman–Crippen MR) is 87.0 cm³/mol. The average Bonchev–Trinajstić information content (AvgIpc) is 3.30. The molecule has 0 aliphatic heterocycles. The molecular weight excluding hydrogens is 304 g/mol. The van der Waals surface area contributed by atoms with Crippen LogP contribution < -0.4 is 0 Å². The molecule has 0 N–H and O–H groups in total. The molecule has 0 radical (unpaired) electrons. The van der Waals surface area contributed by atoms with Crippen molar-refractivity contribution in [2.75, 3.05) is 0 Å². The second kappa shape index (κ2) is 4.95. The first-order valence-corrected chi connectivity index (χ1v) is 7.36. The van der Waals surface area contributed by atoms with Gasteiger partial charge in [-0.25, -0.2) is 4.98 Å². The van der Waals surface area contributed by atoms with Crippen molar-refractivity contribution in [2.24, 2.45) is 0 Å². The SMILES string of the molecule is c1ccc2nc(-c3nc(-c4ccn5cnnc5c4)no3)ccc2c1. The normalized spacial score (nSPS) is 11.3. The van der Waals surface area contributed by atoms with Gasteiger partial charge in [-0.3, -0.25) is 4.40 Å². The van der Waals surface area contributed by atoms with E-state index in [1.165, 1.54) is 0 Å².